The zero-order valence-electron chi connectivity index (χ0n) is 16.4. The van der Waals surface area contributed by atoms with E-state index in [1.54, 1.807) is 0 Å². The molecule has 1 aliphatic carbocycles. The third kappa shape index (κ3) is 6.63. The average molecular weight is 351 g/mol. The van der Waals surface area contributed by atoms with Crippen LogP contribution >= 0.6 is 0 Å². The Balaban J connectivity index is 1.87. The summed E-state index contributed by atoms with van der Waals surface area (Å²) in [6, 6.07) is 0.530. The summed E-state index contributed by atoms with van der Waals surface area (Å²) in [4.78, 5) is 27.1. The van der Waals surface area contributed by atoms with E-state index in [2.05, 4.69) is 19.2 Å². The molecule has 0 radical (unpaired) electrons. The lowest BCUT2D eigenvalue weighted by Gasteiger charge is -2.38. The second-order valence-electron chi connectivity index (χ2n) is 8.27. The van der Waals surface area contributed by atoms with E-state index in [-0.39, 0.29) is 29.9 Å². The van der Waals surface area contributed by atoms with Crippen molar-refractivity contribution in [1.29, 1.82) is 0 Å². The molecule has 1 saturated carbocycles. The third-order valence-electron chi connectivity index (χ3n) is 6.06. The molecule has 0 aromatic heterocycles. The van der Waals surface area contributed by atoms with Crippen LogP contribution in [0.25, 0.3) is 0 Å². The molecule has 0 bridgehead atoms. The molecule has 2 unspecified atom stereocenters. The fourth-order valence-electron chi connectivity index (χ4n) is 4.49. The molecule has 1 saturated heterocycles. The number of hydrogen-bond donors (Lipinski definition) is 1. The van der Waals surface area contributed by atoms with Crippen LogP contribution in [0.1, 0.15) is 104 Å². The Bertz CT molecular complexity index is 402. The van der Waals surface area contributed by atoms with E-state index in [0.717, 1.165) is 44.9 Å². The van der Waals surface area contributed by atoms with Gasteiger partial charge in [-0.3, -0.25) is 9.59 Å². The maximum absolute atomic E-state index is 12.7. The third-order valence-corrected chi connectivity index (χ3v) is 6.06. The minimum Gasteiger partial charge on any atom is -0.345 e. The van der Waals surface area contributed by atoms with Crippen LogP contribution in [-0.4, -0.2) is 34.8 Å². The van der Waals surface area contributed by atoms with Crippen LogP contribution in [0.4, 0.5) is 0 Å². The smallest absolute Gasteiger partial charge is 0.312 e. The Morgan fingerprint density at radius 1 is 0.680 bits per heavy atom. The molecule has 1 N–H and O–H groups in total. The zero-order valence-corrected chi connectivity index (χ0v) is 16.4. The monoisotopic (exact) mass is 350 g/mol. The quantitative estimate of drug-likeness (QED) is 0.705. The van der Waals surface area contributed by atoms with Crippen LogP contribution < -0.4 is 5.32 Å². The fourth-order valence-corrected chi connectivity index (χ4v) is 4.49. The first-order valence-corrected chi connectivity index (χ1v) is 10.7. The van der Waals surface area contributed by atoms with E-state index in [1.165, 1.54) is 44.9 Å². The van der Waals surface area contributed by atoms with E-state index in [0.29, 0.717) is 0 Å². The lowest BCUT2D eigenvalue weighted by Crippen LogP contribution is -2.54. The van der Waals surface area contributed by atoms with Crippen molar-refractivity contribution in [2.45, 2.75) is 122 Å². The standard InChI is InChI=1S/C21H38N2O2/c1-17-13-12-14-18(2)23(17)21(25)20(24)22-19-15-10-8-6-4-3-5-7-9-11-16-19/h17-19H,3-16H2,1-2H3,(H,22,24). The molecule has 1 heterocycles. The Morgan fingerprint density at radius 2 is 1.12 bits per heavy atom. The van der Waals surface area contributed by atoms with Gasteiger partial charge in [-0.25, -0.2) is 0 Å². The second kappa shape index (κ2) is 10.8. The van der Waals surface area contributed by atoms with E-state index in [9.17, 15) is 9.59 Å². The van der Waals surface area contributed by atoms with Gasteiger partial charge in [-0.1, -0.05) is 57.8 Å². The molecule has 2 rings (SSSR count). The largest absolute Gasteiger partial charge is 0.345 e. The second-order valence-corrected chi connectivity index (χ2v) is 8.27. The molecule has 2 fully saturated rings. The van der Waals surface area contributed by atoms with Crippen LogP contribution in [-0.2, 0) is 9.59 Å². The van der Waals surface area contributed by atoms with Crippen molar-refractivity contribution in [2.75, 3.05) is 0 Å². The highest BCUT2D eigenvalue weighted by Crippen LogP contribution is 2.23. The Hall–Kier alpha value is -1.06. The van der Waals surface area contributed by atoms with Gasteiger partial charge in [0.2, 0.25) is 0 Å². The summed E-state index contributed by atoms with van der Waals surface area (Å²) in [5.74, 6) is -0.691. The van der Waals surface area contributed by atoms with Gasteiger partial charge in [-0.05, 0) is 46.0 Å². The average Bonchev–Trinajstić information content (AvgIpc) is 2.57. The summed E-state index contributed by atoms with van der Waals surface area (Å²) < 4.78 is 0. The van der Waals surface area contributed by atoms with Crippen molar-refractivity contribution >= 4 is 11.8 Å². The van der Waals surface area contributed by atoms with Crippen LogP contribution in [0.2, 0.25) is 0 Å². The molecular formula is C21H38N2O2. The topological polar surface area (TPSA) is 49.4 Å². The number of rotatable bonds is 1. The van der Waals surface area contributed by atoms with Gasteiger partial charge in [-0.2, -0.15) is 0 Å². The molecule has 2 aliphatic rings. The van der Waals surface area contributed by atoms with Crippen molar-refractivity contribution < 1.29 is 9.59 Å². The van der Waals surface area contributed by atoms with Gasteiger partial charge in [0, 0.05) is 18.1 Å². The molecule has 2 atom stereocenters. The number of likely N-dealkylation sites (tertiary alicyclic amines) is 1. The number of piperidine rings is 1. The van der Waals surface area contributed by atoms with Crippen molar-refractivity contribution in [1.82, 2.24) is 10.2 Å². The number of carbonyl (C=O) groups is 2. The minimum absolute atomic E-state index is 0.172. The molecule has 4 nitrogen and oxygen atoms in total. The van der Waals surface area contributed by atoms with Gasteiger partial charge >= 0.3 is 11.8 Å². The Labute approximate surface area is 154 Å². The number of hydrogen-bond acceptors (Lipinski definition) is 2. The molecular weight excluding hydrogens is 312 g/mol. The molecule has 0 spiro atoms. The highest BCUT2D eigenvalue weighted by atomic mass is 16.2. The number of amides is 2. The first kappa shape index (κ1) is 20.3. The molecule has 25 heavy (non-hydrogen) atoms. The lowest BCUT2D eigenvalue weighted by molar-refractivity contribution is -0.150. The van der Waals surface area contributed by atoms with Crippen LogP contribution in [0.3, 0.4) is 0 Å². The molecule has 2 amide bonds. The van der Waals surface area contributed by atoms with Gasteiger partial charge in [0.15, 0.2) is 0 Å². The van der Waals surface area contributed by atoms with Crippen molar-refractivity contribution in [3.63, 3.8) is 0 Å². The van der Waals surface area contributed by atoms with E-state index in [4.69, 9.17) is 0 Å². The number of nitrogens with zero attached hydrogens (tertiary/aromatic N) is 1. The predicted molar refractivity (Wildman–Crippen MR) is 102 cm³/mol. The maximum Gasteiger partial charge on any atom is 0.312 e. The van der Waals surface area contributed by atoms with E-state index in [1.807, 2.05) is 4.90 Å². The zero-order chi connectivity index (χ0) is 18.1. The first-order chi connectivity index (χ1) is 12.1. The van der Waals surface area contributed by atoms with Gasteiger partial charge in [0.05, 0.1) is 0 Å². The van der Waals surface area contributed by atoms with Gasteiger partial charge in [-0.15, -0.1) is 0 Å². The number of nitrogens with one attached hydrogen (secondary N) is 1. The molecule has 0 aromatic rings. The molecule has 0 aromatic carbocycles. The molecule has 4 heteroatoms. The van der Waals surface area contributed by atoms with Crippen molar-refractivity contribution in [3.05, 3.63) is 0 Å². The predicted octanol–water partition coefficient (Wildman–Crippen LogP) is 4.57. The highest BCUT2D eigenvalue weighted by molar-refractivity contribution is 6.35. The maximum atomic E-state index is 12.7. The molecule has 144 valence electrons. The van der Waals surface area contributed by atoms with E-state index >= 15 is 0 Å². The Kier molecular flexibility index (Phi) is 8.77. The van der Waals surface area contributed by atoms with E-state index < -0.39 is 0 Å². The van der Waals surface area contributed by atoms with Crippen molar-refractivity contribution in [2.24, 2.45) is 0 Å². The van der Waals surface area contributed by atoms with Gasteiger partial charge in [0.25, 0.3) is 0 Å². The molecule has 1 aliphatic heterocycles. The summed E-state index contributed by atoms with van der Waals surface area (Å²) in [6.07, 6.45) is 16.7. The normalized spacial score (nSPS) is 27.8. The van der Waals surface area contributed by atoms with Gasteiger partial charge < -0.3 is 10.2 Å². The van der Waals surface area contributed by atoms with Crippen LogP contribution in [0, 0.1) is 0 Å². The SMILES string of the molecule is CC1CCCC(C)N1C(=O)C(=O)NC1CCCCCCCCCCC1. The first-order valence-electron chi connectivity index (χ1n) is 10.7. The van der Waals surface area contributed by atoms with Crippen LogP contribution in [0.15, 0.2) is 0 Å². The summed E-state index contributed by atoms with van der Waals surface area (Å²) >= 11 is 0. The highest BCUT2D eigenvalue weighted by Gasteiger charge is 2.33. The van der Waals surface area contributed by atoms with Crippen molar-refractivity contribution in [3.8, 4) is 0 Å². The summed E-state index contributed by atoms with van der Waals surface area (Å²) in [7, 11) is 0. The lowest BCUT2D eigenvalue weighted by atomic mass is 9.96. The van der Waals surface area contributed by atoms with Gasteiger partial charge in [0.1, 0.15) is 0 Å². The Morgan fingerprint density at radius 3 is 1.60 bits per heavy atom. The minimum atomic E-state index is -0.377. The van der Waals surface area contributed by atoms with Crippen LogP contribution in [0.5, 0.6) is 0 Å². The summed E-state index contributed by atoms with van der Waals surface area (Å²) in [5, 5.41) is 3.08. The summed E-state index contributed by atoms with van der Waals surface area (Å²) in [6.45, 7) is 4.13. The fraction of sp³-hybridized carbons (Fsp3) is 0.905. The summed E-state index contributed by atoms with van der Waals surface area (Å²) in [5.41, 5.74) is 0. The number of carbonyl (C=O) groups excluding carboxylic acids is 2.